The number of aliphatic hydroxyl groups excluding tert-OH is 2. The molecule has 0 amide bonds. The average Bonchev–Trinajstić information content (AvgIpc) is 1.77. The maximum Gasteiger partial charge on any atom is 0.0928 e. The molecular weight excluding hydrogens is 104 g/mol. The van der Waals surface area contributed by atoms with Gasteiger partial charge in [-0.3, -0.25) is 0 Å². The average molecular weight is 112 g/mol. The Morgan fingerprint density at radius 1 is 1.00 bits per heavy atom. The molecule has 0 saturated heterocycles. The monoisotopic (exact) mass is 112 g/mol. The molecule has 1 aliphatic rings. The first kappa shape index (κ1) is 5.22. The molecule has 2 heteroatoms. The summed E-state index contributed by atoms with van der Waals surface area (Å²) in [6.07, 6.45) is 4.17. The van der Waals surface area contributed by atoms with Gasteiger partial charge in [-0.1, -0.05) is 0 Å². The largest absolute Gasteiger partial charge is 0.512 e. The van der Waals surface area contributed by atoms with E-state index in [0.29, 0.717) is 24.4 Å². The Kier molecular flexibility index (Phi) is 1.24. The van der Waals surface area contributed by atoms with Crippen molar-refractivity contribution in [1.29, 1.82) is 0 Å². The predicted octanol–water partition coefficient (Wildman–Crippen LogP) is 1.66. The van der Waals surface area contributed by atoms with Gasteiger partial charge in [-0.25, -0.2) is 0 Å². The molecule has 8 heavy (non-hydrogen) atoms. The van der Waals surface area contributed by atoms with Gasteiger partial charge >= 0.3 is 0 Å². The van der Waals surface area contributed by atoms with Crippen LogP contribution in [0.25, 0.3) is 0 Å². The molecule has 0 radical (unpaired) electrons. The summed E-state index contributed by atoms with van der Waals surface area (Å²) < 4.78 is 0. The van der Waals surface area contributed by atoms with Crippen LogP contribution in [0.15, 0.2) is 23.7 Å². The van der Waals surface area contributed by atoms with Crippen LogP contribution in [-0.2, 0) is 0 Å². The van der Waals surface area contributed by atoms with Gasteiger partial charge in [0.05, 0.1) is 11.5 Å². The minimum atomic E-state index is 0.350. The maximum absolute atomic E-state index is 8.73. The summed E-state index contributed by atoms with van der Waals surface area (Å²) >= 11 is 0. The summed E-state index contributed by atoms with van der Waals surface area (Å²) in [6.45, 7) is 0. The summed E-state index contributed by atoms with van der Waals surface area (Å²) in [5.41, 5.74) is 0. The van der Waals surface area contributed by atoms with Gasteiger partial charge in [0.15, 0.2) is 0 Å². The van der Waals surface area contributed by atoms with E-state index in [1.807, 2.05) is 0 Å². The first-order valence-corrected chi connectivity index (χ1v) is 2.57. The first-order chi connectivity index (χ1) is 3.79. The Hall–Kier alpha value is -0.920. The van der Waals surface area contributed by atoms with Crippen molar-refractivity contribution in [3.8, 4) is 0 Å². The molecule has 2 N–H and O–H groups in total. The lowest BCUT2D eigenvalue weighted by molar-refractivity contribution is 0.343. The number of hydrogen-bond acceptors (Lipinski definition) is 2. The molecule has 0 unspecified atom stereocenters. The van der Waals surface area contributed by atoms with Crippen molar-refractivity contribution in [2.75, 3.05) is 0 Å². The molecule has 0 aromatic carbocycles. The maximum atomic E-state index is 8.73. The summed E-state index contributed by atoms with van der Waals surface area (Å²) in [5, 5.41) is 17.5. The lowest BCUT2D eigenvalue weighted by atomic mass is 10.1. The van der Waals surface area contributed by atoms with E-state index in [2.05, 4.69) is 0 Å². The van der Waals surface area contributed by atoms with Gasteiger partial charge in [0.25, 0.3) is 0 Å². The van der Waals surface area contributed by atoms with Crippen molar-refractivity contribution in [1.82, 2.24) is 0 Å². The van der Waals surface area contributed by atoms with Gasteiger partial charge < -0.3 is 10.2 Å². The Labute approximate surface area is 47.8 Å². The molecule has 0 saturated carbocycles. The fourth-order valence-corrected chi connectivity index (χ4v) is 0.615. The van der Waals surface area contributed by atoms with Crippen molar-refractivity contribution < 1.29 is 10.2 Å². The Morgan fingerprint density at radius 3 is 1.62 bits per heavy atom. The number of allylic oxidation sites excluding steroid dienone is 4. The van der Waals surface area contributed by atoms with Crippen LogP contribution >= 0.6 is 0 Å². The fraction of sp³-hybridized carbons (Fsp3) is 0.333. The highest BCUT2D eigenvalue weighted by molar-refractivity contribution is 5.15. The summed E-state index contributed by atoms with van der Waals surface area (Å²) in [7, 11) is 0. The van der Waals surface area contributed by atoms with Crippen LogP contribution in [0.4, 0.5) is 0 Å². The molecule has 2 nitrogen and oxygen atoms in total. The minimum absolute atomic E-state index is 0.350. The molecule has 0 atom stereocenters. The van der Waals surface area contributed by atoms with Crippen molar-refractivity contribution in [3.05, 3.63) is 23.7 Å². The molecular formula is C6H8O2. The van der Waals surface area contributed by atoms with E-state index < -0.39 is 0 Å². The van der Waals surface area contributed by atoms with Gasteiger partial charge in [-0.05, 0) is 12.2 Å². The Bertz CT molecular complexity index is 127. The van der Waals surface area contributed by atoms with Gasteiger partial charge in [0.1, 0.15) is 0 Å². The third-order valence-corrected chi connectivity index (χ3v) is 1.11. The van der Waals surface area contributed by atoms with Crippen LogP contribution in [0, 0.1) is 0 Å². The highest BCUT2D eigenvalue weighted by Crippen LogP contribution is 2.12. The normalized spacial score (nSPS) is 19.5. The van der Waals surface area contributed by atoms with E-state index in [4.69, 9.17) is 10.2 Å². The quantitative estimate of drug-likeness (QED) is 0.500. The second-order valence-electron chi connectivity index (χ2n) is 1.82. The zero-order valence-electron chi connectivity index (χ0n) is 4.46. The van der Waals surface area contributed by atoms with Crippen molar-refractivity contribution in [3.63, 3.8) is 0 Å². The molecule has 0 heterocycles. The molecule has 0 spiro atoms. The van der Waals surface area contributed by atoms with Gasteiger partial charge in [-0.15, -0.1) is 0 Å². The number of rotatable bonds is 0. The van der Waals surface area contributed by atoms with E-state index in [-0.39, 0.29) is 0 Å². The zero-order valence-corrected chi connectivity index (χ0v) is 4.46. The van der Waals surface area contributed by atoms with E-state index in [0.717, 1.165) is 0 Å². The lowest BCUT2D eigenvalue weighted by Crippen LogP contribution is -1.90. The molecule has 0 bridgehead atoms. The van der Waals surface area contributed by atoms with Crippen LogP contribution in [0.5, 0.6) is 0 Å². The highest BCUT2D eigenvalue weighted by Gasteiger charge is 2.00. The fourth-order valence-electron chi connectivity index (χ4n) is 0.615. The first-order valence-electron chi connectivity index (χ1n) is 2.57. The summed E-state index contributed by atoms with van der Waals surface area (Å²) in [4.78, 5) is 0. The molecule has 0 aromatic rings. The van der Waals surface area contributed by atoms with Crippen LogP contribution in [-0.4, -0.2) is 10.2 Å². The smallest absolute Gasteiger partial charge is 0.0928 e. The number of hydrogen-bond donors (Lipinski definition) is 2. The molecule has 1 rings (SSSR count). The van der Waals surface area contributed by atoms with E-state index >= 15 is 0 Å². The minimum Gasteiger partial charge on any atom is -0.512 e. The van der Waals surface area contributed by atoms with Crippen molar-refractivity contribution in [2.45, 2.75) is 12.8 Å². The molecule has 44 valence electrons. The Balaban J connectivity index is 2.65. The Morgan fingerprint density at radius 2 is 1.38 bits per heavy atom. The van der Waals surface area contributed by atoms with Gasteiger partial charge in [0.2, 0.25) is 0 Å². The van der Waals surface area contributed by atoms with Gasteiger partial charge in [0, 0.05) is 12.8 Å². The standard InChI is InChI=1S/C6H8O2/c7-5-1-2-6(8)4-3-5/h1-2,7-8H,3-4H2. The van der Waals surface area contributed by atoms with E-state index in [9.17, 15) is 0 Å². The lowest BCUT2D eigenvalue weighted by Gasteiger charge is -2.03. The summed E-state index contributed by atoms with van der Waals surface area (Å²) in [5.74, 6) is 0.700. The predicted molar refractivity (Wildman–Crippen MR) is 30.7 cm³/mol. The van der Waals surface area contributed by atoms with E-state index in [1.54, 1.807) is 0 Å². The van der Waals surface area contributed by atoms with Crippen LogP contribution < -0.4 is 0 Å². The molecule has 1 aliphatic carbocycles. The van der Waals surface area contributed by atoms with Crippen molar-refractivity contribution >= 4 is 0 Å². The second-order valence-corrected chi connectivity index (χ2v) is 1.82. The van der Waals surface area contributed by atoms with Gasteiger partial charge in [-0.2, -0.15) is 0 Å². The summed E-state index contributed by atoms with van der Waals surface area (Å²) in [6, 6.07) is 0. The number of aliphatic hydroxyl groups is 2. The van der Waals surface area contributed by atoms with Crippen molar-refractivity contribution in [2.24, 2.45) is 0 Å². The third-order valence-electron chi connectivity index (χ3n) is 1.11. The van der Waals surface area contributed by atoms with Crippen LogP contribution in [0.3, 0.4) is 0 Å². The molecule has 0 aliphatic heterocycles. The zero-order chi connectivity index (χ0) is 5.98. The highest BCUT2D eigenvalue weighted by atomic mass is 16.3. The molecule has 0 fully saturated rings. The second kappa shape index (κ2) is 1.90. The third kappa shape index (κ3) is 1.03. The van der Waals surface area contributed by atoms with E-state index in [1.165, 1.54) is 12.2 Å². The van der Waals surface area contributed by atoms with Crippen LogP contribution in [0.1, 0.15) is 12.8 Å². The van der Waals surface area contributed by atoms with Crippen LogP contribution in [0.2, 0.25) is 0 Å². The SMILES string of the molecule is OC1=CC=C(O)CC1. The topological polar surface area (TPSA) is 40.5 Å². The molecule has 0 aromatic heterocycles.